The number of nitro benzene ring substituents is 1. The number of phenols is 1. The van der Waals surface area contributed by atoms with E-state index in [4.69, 9.17) is 11.0 Å². The first kappa shape index (κ1) is 11.0. The fourth-order valence-corrected chi connectivity index (χ4v) is 2.18. The van der Waals surface area contributed by atoms with E-state index in [-0.39, 0.29) is 22.7 Å². The standard InChI is InChI=1S/C13H7N3O3/c14-5-6-3-9(12(15)10(4-6)16(18)19)7-1-2-8-11(7)13(8)17/h1-4,17H,15H2. The van der Waals surface area contributed by atoms with E-state index in [0.29, 0.717) is 16.7 Å². The van der Waals surface area contributed by atoms with Crippen molar-refractivity contribution in [1.82, 2.24) is 0 Å². The average molecular weight is 253 g/mol. The van der Waals surface area contributed by atoms with Gasteiger partial charge in [0.2, 0.25) is 0 Å². The van der Waals surface area contributed by atoms with Gasteiger partial charge in [0.05, 0.1) is 16.6 Å². The Morgan fingerprint density at radius 3 is 2.47 bits per heavy atom. The van der Waals surface area contributed by atoms with Crippen LogP contribution in [0.5, 0.6) is 5.75 Å². The van der Waals surface area contributed by atoms with Crippen molar-refractivity contribution in [3.8, 4) is 34.1 Å². The maximum atomic E-state index is 10.9. The third kappa shape index (κ3) is 1.42. The van der Waals surface area contributed by atoms with Gasteiger partial charge in [0.25, 0.3) is 5.69 Å². The molecule has 2 aliphatic carbocycles. The van der Waals surface area contributed by atoms with E-state index in [2.05, 4.69) is 0 Å². The summed E-state index contributed by atoms with van der Waals surface area (Å²) >= 11 is 0. The Bertz CT molecular complexity index is 791. The fraction of sp³-hybridized carbons (Fsp3) is 0. The SMILES string of the molecule is N#Cc1cc(-c2ccc3c(O)c2-3)c(N)c([N+](=O)[O-])c1. The Balaban J connectivity index is 2.27. The Labute approximate surface area is 107 Å². The first-order valence-corrected chi connectivity index (χ1v) is 5.39. The van der Waals surface area contributed by atoms with Crippen LogP contribution in [0.15, 0.2) is 24.3 Å². The minimum atomic E-state index is -0.620. The van der Waals surface area contributed by atoms with Crippen molar-refractivity contribution in [3.63, 3.8) is 0 Å². The van der Waals surface area contributed by atoms with Crippen LogP contribution < -0.4 is 5.73 Å². The number of anilines is 1. The lowest BCUT2D eigenvalue weighted by molar-refractivity contribution is -0.383. The fourth-order valence-electron chi connectivity index (χ4n) is 2.18. The van der Waals surface area contributed by atoms with Crippen molar-refractivity contribution in [2.75, 3.05) is 5.73 Å². The van der Waals surface area contributed by atoms with Gasteiger partial charge in [-0.3, -0.25) is 10.1 Å². The zero-order valence-corrected chi connectivity index (χ0v) is 9.54. The average Bonchev–Trinajstić information content (AvgIpc) is 2.84. The molecule has 0 aromatic heterocycles. The lowest BCUT2D eigenvalue weighted by atomic mass is 10.0. The summed E-state index contributed by atoms with van der Waals surface area (Å²) in [5, 5.41) is 29.4. The summed E-state index contributed by atoms with van der Waals surface area (Å²) in [7, 11) is 0. The first-order chi connectivity index (χ1) is 9.04. The second kappa shape index (κ2) is 3.46. The van der Waals surface area contributed by atoms with Crippen molar-refractivity contribution in [1.29, 1.82) is 5.26 Å². The first-order valence-electron chi connectivity index (χ1n) is 5.39. The molecule has 0 aliphatic heterocycles. The van der Waals surface area contributed by atoms with Crippen LogP contribution >= 0.6 is 0 Å². The number of nitriles is 1. The van der Waals surface area contributed by atoms with Gasteiger partial charge in [-0.2, -0.15) is 5.26 Å². The molecule has 92 valence electrons. The van der Waals surface area contributed by atoms with Crippen LogP contribution in [0.3, 0.4) is 0 Å². The van der Waals surface area contributed by atoms with Crippen molar-refractivity contribution in [3.05, 3.63) is 39.9 Å². The second-order valence-corrected chi connectivity index (χ2v) is 4.21. The van der Waals surface area contributed by atoms with E-state index in [1.807, 2.05) is 6.07 Å². The number of fused-ring (bicyclic) bond motifs is 1. The van der Waals surface area contributed by atoms with Crippen LogP contribution in [0.4, 0.5) is 11.4 Å². The summed E-state index contributed by atoms with van der Waals surface area (Å²) in [4.78, 5) is 10.3. The van der Waals surface area contributed by atoms with Crippen molar-refractivity contribution >= 4 is 11.4 Å². The molecule has 0 radical (unpaired) electrons. The Hall–Kier alpha value is -3.07. The molecule has 0 amide bonds. The summed E-state index contributed by atoms with van der Waals surface area (Å²) in [6.45, 7) is 0. The third-order valence-electron chi connectivity index (χ3n) is 3.16. The molecule has 0 bridgehead atoms. The summed E-state index contributed by atoms with van der Waals surface area (Å²) in [5.41, 5.74) is 8.03. The number of hydrogen-bond donors (Lipinski definition) is 2. The van der Waals surface area contributed by atoms with Crippen molar-refractivity contribution in [2.45, 2.75) is 0 Å². The number of hydrogen-bond acceptors (Lipinski definition) is 5. The van der Waals surface area contributed by atoms with E-state index < -0.39 is 4.92 Å². The van der Waals surface area contributed by atoms with E-state index in [9.17, 15) is 15.2 Å². The van der Waals surface area contributed by atoms with Gasteiger partial charge in [-0.05, 0) is 17.7 Å². The largest absolute Gasteiger partial charge is 0.507 e. The number of aromatic hydroxyl groups is 1. The molecule has 1 aromatic carbocycles. The maximum absolute atomic E-state index is 10.9. The molecule has 2 aliphatic rings. The van der Waals surface area contributed by atoms with Gasteiger partial charge in [0, 0.05) is 22.8 Å². The van der Waals surface area contributed by atoms with Crippen molar-refractivity contribution in [2.24, 2.45) is 0 Å². The number of nitrogen functional groups attached to an aromatic ring is 1. The molecule has 3 N–H and O–H groups in total. The van der Waals surface area contributed by atoms with Gasteiger partial charge in [-0.1, -0.05) is 6.07 Å². The molecule has 6 nitrogen and oxygen atoms in total. The molecular weight excluding hydrogens is 246 g/mol. The van der Waals surface area contributed by atoms with Crippen LogP contribution in [0.1, 0.15) is 5.56 Å². The van der Waals surface area contributed by atoms with E-state index >= 15 is 0 Å². The number of rotatable bonds is 2. The van der Waals surface area contributed by atoms with Gasteiger partial charge < -0.3 is 10.8 Å². The molecule has 0 unspecified atom stereocenters. The predicted molar refractivity (Wildman–Crippen MR) is 68.3 cm³/mol. The molecule has 19 heavy (non-hydrogen) atoms. The predicted octanol–water partition coefficient (Wildman–Crippen LogP) is 2.40. The van der Waals surface area contributed by atoms with Crippen LogP contribution in [0.2, 0.25) is 0 Å². The second-order valence-electron chi connectivity index (χ2n) is 4.21. The highest BCUT2D eigenvalue weighted by atomic mass is 16.6. The monoisotopic (exact) mass is 253 g/mol. The van der Waals surface area contributed by atoms with E-state index in [1.54, 1.807) is 12.1 Å². The maximum Gasteiger partial charge on any atom is 0.294 e. The zero-order chi connectivity index (χ0) is 13.7. The van der Waals surface area contributed by atoms with Crippen LogP contribution in [0.25, 0.3) is 22.3 Å². The van der Waals surface area contributed by atoms with Gasteiger partial charge in [-0.25, -0.2) is 0 Å². The highest BCUT2D eigenvalue weighted by Gasteiger charge is 2.31. The van der Waals surface area contributed by atoms with Gasteiger partial charge >= 0.3 is 0 Å². The number of nitro groups is 1. The molecule has 1 aromatic rings. The topological polar surface area (TPSA) is 113 Å². The molecule has 0 saturated heterocycles. The lowest BCUT2D eigenvalue weighted by Crippen LogP contribution is -1.99. The molecule has 6 heteroatoms. The van der Waals surface area contributed by atoms with Crippen molar-refractivity contribution < 1.29 is 10.0 Å². The molecule has 0 spiro atoms. The van der Waals surface area contributed by atoms with Gasteiger partial charge in [0.15, 0.2) is 0 Å². The minimum absolute atomic E-state index is 0.00269. The quantitative estimate of drug-likeness (QED) is 0.413. The number of nitrogens with zero attached hydrogens (tertiary/aromatic N) is 2. The Morgan fingerprint density at radius 2 is 1.95 bits per heavy atom. The molecule has 0 saturated carbocycles. The summed E-state index contributed by atoms with van der Waals surface area (Å²) < 4.78 is 0. The van der Waals surface area contributed by atoms with Crippen LogP contribution in [0, 0.1) is 21.4 Å². The summed E-state index contributed by atoms with van der Waals surface area (Å²) in [6, 6.07) is 7.94. The van der Waals surface area contributed by atoms with Crippen LogP contribution in [-0.2, 0) is 0 Å². The van der Waals surface area contributed by atoms with E-state index in [1.165, 1.54) is 6.07 Å². The number of benzene rings is 2. The van der Waals surface area contributed by atoms with Gasteiger partial charge in [-0.15, -0.1) is 0 Å². The molecular formula is C13H7N3O3. The number of phenolic OH excluding ortho intramolecular Hbond substituents is 1. The van der Waals surface area contributed by atoms with Gasteiger partial charge in [0.1, 0.15) is 11.4 Å². The zero-order valence-electron chi connectivity index (χ0n) is 9.54. The lowest BCUT2D eigenvalue weighted by Gasteiger charge is -2.05. The highest BCUT2D eigenvalue weighted by Crippen LogP contribution is 2.57. The summed E-state index contributed by atoms with van der Waals surface area (Å²) in [6.07, 6.45) is 0. The normalized spacial score (nSPS) is 10.9. The van der Waals surface area contributed by atoms with Crippen LogP contribution in [-0.4, -0.2) is 10.0 Å². The smallest absolute Gasteiger partial charge is 0.294 e. The summed E-state index contributed by atoms with van der Waals surface area (Å²) in [5.74, 6) is 0.182. The molecule has 0 heterocycles. The Morgan fingerprint density at radius 1 is 1.26 bits per heavy atom. The van der Waals surface area contributed by atoms with E-state index in [0.717, 1.165) is 11.6 Å². The highest BCUT2D eigenvalue weighted by molar-refractivity contribution is 6.07. The third-order valence-corrected chi connectivity index (χ3v) is 3.16. The molecule has 3 rings (SSSR count). The minimum Gasteiger partial charge on any atom is -0.507 e. The molecule has 0 fully saturated rings. The Kier molecular flexibility index (Phi) is 2.01. The number of nitrogens with two attached hydrogens (primary N) is 1. The molecule has 0 atom stereocenters.